The van der Waals surface area contributed by atoms with Crippen LogP contribution >= 0.6 is 23.2 Å². The number of benzene rings is 1. The maximum absolute atomic E-state index is 13.7. The lowest BCUT2D eigenvalue weighted by Gasteiger charge is -2.11. The lowest BCUT2D eigenvalue weighted by atomic mass is 10.0. The highest BCUT2D eigenvalue weighted by Gasteiger charge is 2.18. The van der Waals surface area contributed by atoms with E-state index in [2.05, 4.69) is 0 Å². The summed E-state index contributed by atoms with van der Waals surface area (Å²) in [6.45, 7) is 1.99. The molecule has 1 atom stereocenters. The highest BCUT2D eigenvalue weighted by molar-refractivity contribution is 6.31. The molecule has 0 saturated heterocycles. The van der Waals surface area contributed by atoms with Gasteiger partial charge < -0.3 is 4.42 Å². The van der Waals surface area contributed by atoms with Crippen molar-refractivity contribution in [3.05, 3.63) is 58.3 Å². The molecule has 0 fully saturated rings. The Morgan fingerprint density at radius 1 is 1.33 bits per heavy atom. The minimum absolute atomic E-state index is 0.324. The summed E-state index contributed by atoms with van der Waals surface area (Å²) in [5.41, 5.74) is 1.35. The van der Waals surface area contributed by atoms with E-state index in [-0.39, 0.29) is 11.2 Å². The first-order valence-electron chi connectivity index (χ1n) is 5.76. The standard InChI is InChI=1S/C14H13Cl2FO/c1-2-14-9(6-7-18-14)12(16)8-10-11(15)4-3-5-13(10)17/h3-7,12H,2,8H2,1H3. The molecule has 18 heavy (non-hydrogen) atoms. The van der Waals surface area contributed by atoms with Crippen molar-refractivity contribution in [3.8, 4) is 0 Å². The van der Waals surface area contributed by atoms with Crippen LogP contribution in [0.2, 0.25) is 5.02 Å². The fourth-order valence-electron chi connectivity index (χ4n) is 1.93. The molecule has 1 aromatic carbocycles. The van der Waals surface area contributed by atoms with E-state index < -0.39 is 0 Å². The summed E-state index contributed by atoms with van der Waals surface area (Å²) in [6.07, 6.45) is 2.71. The second-order valence-corrected chi connectivity index (χ2v) is 4.96. The molecule has 0 spiro atoms. The first-order valence-corrected chi connectivity index (χ1v) is 6.58. The van der Waals surface area contributed by atoms with Crippen LogP contribution in [0.15, 0.2) is 34.9 Å². The maximum atomic E-state index is 13.7. The topological polar surface area (TPSA) is 13.1 Å². The third-order valence-corrected chi connectivity index (χ3v) is 3.63. The summed E-state index contributed by atoms with van der Waals surface area (Å²) in [5, 5.41) is 0.0651. The molecule has 4 heteroatoms. The molecule has 2 rings (SSSR count). The Balaban J connectivity index is 2.24. The van der Waals surface area contributed by atoms with Gasteiger partial charge in [-0.25, -0.2) is 4.39 Å². The second kappa shape index (κ2) is 5.77. The van der Waals surface area contributed by atoms with E-state index in [0.717, 1.165) is 17.7 Å². The van der Waals surface area contributed by atoms with Gasteiger partial charge in [0.25, 0.3) is 0 Å². The van der Waals surface area contributed by atoms with Crippen molar-refractivity contribution >= 4 is 23.2 Å². The molecule has 0 amide bonds. The fraction of sp³-hybridized carbons (Fsp3) is 0.286. The van der Waals surface area contributed by atoms with Crippen LogP contribution in [0.4, 0.5) is 4.39 Å². The highest BCUT2D eigenvalue weighted by Crippen LogP contribution is 2.32. The van der Waals surface area contributed by atoms with Gasteiger partial charge in [0.05, 0.1) is 11.6 Å². The average Bonchev–Trinajstić information content (AvgIpc) is 2.82. The van der Waals surface area contributed by atoms with Crippen LogP contribution in [-0.4, -0.2) is 0 Å². The van der Waals surface area contributed by atoms with E-state index in [9.17, 15) is 4.39 Å². The van der Waals surface area contributed by atoms with Crippen LogP contribution in [0.1, 0.15) is 29.2 Å². The van der Waals surface area contributed by atoms with Crippen LogP contribution in [0.5, 0.6) is 0 Å². The monoisotopic (exact) mass is 286 g/mol. The number of hydrogen-bond donors (Lipinski definition) is 0. The molecule has 0 aliphatic heterocycles. The Kier molecular flexibility index (Phi) is 4.31. The van der Waals surface area contributed by atoms with Crippen molar-refractivity contribution in [2.45, 2.75) is 25.1 Å². The van der Waals surface area contributed by atoms with Gasteiger partial charge in [-0.15, -0.1) is 11.6 Å². The number of alkyl halides is 1. The molecule has 0 bridgehead atoms. The second-order valence-electron chi connectivity index (χ2n) is 4.02. The summed E-state index contributed by atoms with van der Waals surface area (Å²) in [7, 11) is 0. The molecule has 0 radical (unpaired) electrons. The third-order valence-electron chi connectivity index (χ3n) is 2.88. The molecule has 0 aliphatic carbocycles. The van der Waals surface area contributed by atoms with Crippen molar-refractivity contribution in [3.63, 3.8) is 0 Å². The lowest BCUT2D eigenvalue weighted by Crippen LogP contribution is -2.00. The SMILES string of the molecule is CCc1occc1C(Cl)Cc1c(F)cccc1Cl. The molecule has 1 aromatic heterocycles. The molecule has 1 heterocycles. The van der Waals surface area contributed by atoms with Crippen molar-refractivity contribution in [1.82, 2.24) is 0 Å². The number of hydrogen-bond acceptors (Lipinski definition) is 1. The number of furan rings is 1. The molecule has 1 nitrogen and oxygen atoms in total. The van der Waals surface area contributed by atoms with Gasteiger partial charge in [-0.2, -0.15) is 0 Å². The molecular formula is C14H13Cl2FO. The largest absolute Gasteiger partial charge is 0.469 e. The third kappa shape index (κ3) is 2.70. The van der Waals surface area contributed by atoms with Gasteiger partial charge in [-0.05, 0) is 24.6 Å². The average molecular weight is 287 g/mol. The fourth-order valence-corrected chi connectivity index (χ4v) is 2.52. The van der Waals surface area contributed by atoms with E-state index >= 15 is 0 Å². The van der Waals surface area contributed by atoms with Gasteiger partial charge in [0.1, 0.15) is 11.6 Å². The zero-order valence-corrected chi connectivity index (χ0v) is 11.4. The molecule has 96 valence electrons. The van der Waals surface area contributed by atoms with E-state index in [1.807, 2.05) is 13.0 Å². The van der Waals surface area contributed by atoms with Gasteiger partial charge in [-0.1, -0.05) is 24.6 Å². The first kappa shape index (κ1) is 13.4. The van der Waals surface area contributed by atoms with Crippen molar-refractivity contribution < 1.29 is 8.81 Å². The van der Waals surface area contributed by atoms with Gasteiger partial charge in [0.15, 0.2) is 0 Å². The van der Waals surface area contributed by atoms with Crippen LogP contribution < -0.4 is 0 Å². The van der Waals surface area contributed by atoms with Crippen molar-refractivity contribution in [1.29, 1.82) is 0 Å². The summed E-state index contributed by atoms with van der Waals surface area (Å²) in [5.74, 6) is 0.511. The predicted octanol–water partition coefficient (Wildman–Crippen LogP) is 5.16. The Hall–Kier alpha value is -0.990. The summed E-state index contributed by atoms with van der Waals surface area (Å²) < 4.78 is 19.0. The molecular weight excluding hydrogens is 274 g/mol. The number of halogens is 3. The van der Waals surface area contributed by atoms with Crippen LogP contribution in [0.3, 0.4) is 0 Å². The molecule has 0 saturated carbocycles. The van der Waals surface area contributed by atoms with Gasteiger partial charge in [0.2, 0.25) is 0 Å². The van der Waals surface area contributed by atoms with Crippen LogP contribution in [0.25, 0.3) is 0 Å². The molecule has 2 aromatic rings. The van der Waals surface area contributed by atoms with Crippen molar-refractivity contribution in [2.24, 2.45) is 0 Å². The van der Waals surface area contributed by atoms with Gasteiger partial charge >= 0.3 is 0 Å². The Bertz CT molecular complexity index is 516. The zero-order valence-electron chi connectivity index (χ0n) is 9.92. The summed E-state index contributed by atoms with van der Waals surface area (Å²) in [4.78, 5) is 0. The summed E-state index contributed by atoms with van der Waals surface area (Å²) in [6, 6.07) is 6.46. The van der Waals surface area contributed by atoms with Gasteiger partial charge in [-0.3, -0.25) is 0 Å². The Morgan fingerprint density at radius 3 is 2.78 bits per heavy atom. The minimum atomic E-state index is -0.340. The molecule has 1 unspecified atom stereocenters. The van der Waals surface area contributed by atoms with E-state index in [1.54, 1.807) is 18.4 Å². The van der Waals surface area contributed by atoms with E-state index in [0.29, 0.717) is 17.0 Å². The van der Waals surface area contributed by atoms with Crippen molar-refractivity contribution in [2.75, 3.05) is 0 Å². The maximum Gasteiger partial charge on any atom is 0.127 e. The molecule has 0 aliphatic rings. The van der Waals surface area contributed by atoms with Gasteiger partial charge in [0, 0.05) is 22.6 Å². The summed E-state index contributed by atoms with van der Waals surface area (Å²) >= 11 is 12.3. The highest BCUT2D eigenvalue weighted by atomic mass is 35.5. The lowest BCUT2D eigenvalue weighted by molar-refractivity contribution is 0.510. The Labute approximate surface area is 116 Å². The number of rotatable bonds is 4. The van der Waals surface area contributed by atoms with E-state index in [4.69, 9.17) is 27.6 Å². The Morgan fingerprint density at radius 2 is 2.11 bits per heavy atom. The quantitative estimate of drug-likeness (QED) is 0.708. The normalized spacial score (nSPS) is 12.7. The zero-order chi connectivity index (χ0) is 13.1. The minimum Gasteiger partial charge on any atom is -0.469 e. The smallest absolute Gasteiger partial charge is 0.127 e. The first-order chi connectivity index (χ1) is 8.63. The van der Waals surface area contributed by atoms with Crippen LogP contribution in [0, 0.1) is 5.82 Å². The predicted molar refractivity (Wildman–Crippen MR) is 71.8 cm³/mol. The number of aryl methyl sites for hydroxylation is 1. The van der Waals surface area contributed by atoms with E-state index in [1.165, 1.54) is 6.07 Å². The van der Waals surface area contributed by atoms with Crippen LogP contribution in [-0.2, 0) is 12.8 Å². The molecule has 0 N–H and O–H groups in total.